The molecule has 0 aliphatic carbocycles. The van der Waals surface area contributed by atoms with Gasteiger partial charge in [-0.2, -0.15) is 0 Å². The number of benzene rings is 1. The van der Waals surface area contributed by atoms with Gasteiger partial charge >= 0.3 is 5.97 Å². The van der Waals surface area contributed by atoms with Crippen LogP contribution in [-0.4, -0.2) is 61.3 Å². The van der Waals surface area contributed by atoms with Crippen LogP contribution in [0.3, 0.4) is 0 Å². The standard InChI is InChI=1S/C24H33Cl2N3O4Si/c1-15-8-9-16(12-17(15)22(30)33-24(2,3)4)32-23-27-19-13-18(25)20(26)28-21(19)29(23)14-31-10-11-34(5,6)7/h8-9,12-13,19,21H,10-11,14H2,1-7H3. The average Bonchev–Trinajstić information content (AvgIpc) is 3.01. The predicted octanol–water partition coefficient (Wildman–Crippen LogP) is 5.78. The summed E-state index contributed by atoms with van der Waals surface area (Å²) < 4.78 is 17.6. The number of amidine groups is 1. The zero-order valence-corrected chi connectivity index (χ0v) is 23.3. The minimum atomic E-state index is -1.23. The van der Waals surface area contributed by atoms with Crippen LogP contribution in [0, 0.1) is 6.92 Å². The van der Waals surface area contributed by atoms with Crippen LogP contribution < -0.4 is 4.74 Å². The number of nitrogens with zero attached hydrogens (tertiary/aromatic N) is 3. The Balaban J connectivity index is 1.81. The number of carbonyl (C=O) groups is 1. The first-order valence-corrected chi connectivity index (χ1v) is 15.7. The van der Waals surface area contributed by atoms with Crippen molar-refractivity contribution in [1.82, 2.24) is 4.90 Å². The van der Waals surface area contributed by atoms with E-state index in [2.05, 4.69) is 29.6 Å². The quantitative estimate of drug-likeness (QED) is 0.256. The molecule has 2 heterocycles. The van der Waals surface area contributed by atoms with Gasteiger partial charge in [0.25, 0.3) is 6.02 Å². The van der Waals surface area contributed by atoms with E-state index in [1.165, 1.54) is 0 Å². The maximum atomic E-state index is 12.7. The molecule has 0 fully saturated rings. The van der Waals surface area contributed by atoms with Gasteiger partial charge in [-0.15, -0.1) is 0 Å². The molecule has 0 N–H and O–H groups in total. The molecular weight excluding hydrogens is 493 g/mol. The minimum absolute atomic E-state index is 0.231. The Bertz CT molecular complexity index is 1030. The van der Waals surface area contributed by atoms with Crippen LogP contribution in [0.5, 0.6) is 5.75 Å². The summed E-state index contributed by atoms with van der Waals surface area (Å²) in [6, 6.07) is 6.29. The molecule has 0 amide bonds. The number of fused-ring (bicyclic) bond motifs is 1. The van der Waals surface area contributed by atoms with Crippen molar-refractivity contribution in [3.8, 4) is 5.75 Å². The molecule has 7 nitrogen and oxygen atoms in total. The lowest BCUT2D eigenvalue weighted by molar-refractivity contribution is 0.00682. The molecule has 3 rings (SSSR count). The van der Waals surface area contributed by atoms with E-state index in [1.54, 1.807) is 18.2 Å². The van der Waals surface area contributed by atoms with Gasteiger partial charge in [0.2, 0.25) is 0 Å². The molecule has 2 aliphatic heterocycles. The smallest absolute Gasteiger partial charge is 0.339 e. The van der Waals surface area contributed by atoms with Crippen molar-refractivity contribution in [2.24, 2.45) is 9.98 Å². The molecule has 1 aromatic rings. The molecule has 0 bridgehead atoms. The zero-order chi connectivity index (χ0) is 25.3. The Morgan fingerprint density at radius 2 is 1.88 bits per heavy atom. The number of allylic oxidation sites excluding steroid dienone is 1. The van der Waals surface area contributed by atoms with E-state index in [0.29, 0.717) is 29.0 Å². The number of dihydropyridines is 1. The molecule has 2 unspecified atom stereocenters. The van der Waals surface area contributed by atoms with Crippen LogP contribution in [0.25, 0.3) is 0 Å². The first-order valence-electron chi connectivity index (χ1n) is 11.3. The number of halogens is 2. The molecular formula is C24H33Cl2N3O4Si. The van der Waals surface area contributed by atoms with Crippen molar-refractivity contribution in [1.29, 1.82) is 0 Å². The van der Waals surface area contributed by atoms with Crippen molar-refractivity contribution in [3.05, 3.63) is 40.4 Å². The fourth-order valence-electron chi connectivity index (χ4n) is 3.31. The lowest BCUT2D eigenvalue weighted by Gasteiger charge is -2.28. The van der Waals surface area contributed by atoms with E-state index >= 15 is 0 Å². The molecule has 34 heavy (non-hydrogen) atoms. The number of aliphatic imine (C=N–C) groups is 2. The van der Waals surface area contributed by atoms with Gasteiger partial charge in [-0.1, -0.05) is 48.9 Å². The van der Waals surface area contributed by atoms with E-state index in [9.17, 15) is 4.79 Å². The number of carbonyl (C=O) groups excluding carboxylic acids is 1. The van der Waals surface area contributed by atoms with E-state index in [4.69, 9.17) is 37.4 Å². The number of ether oxygens (including phenoxy) is 3. The summed E-state index contributed by atoms with van der Waals surface area (Å²) in [7, 11) is -1.23. The van der Waals surface area contributed by atoms with Crippen LogP contribution >= 0.6 is 23.2 Å². The first-order chi connectivity index (χ1) is 15.7. The molecule has 0 radical (unpaired) electrons. The highest BCUT2D eigenvalue weighted by molar-refractivity contribution is 6.76. The predicted molar refractivity (Wildman–Crippen MR) is 140 cm³/mol. The molecule has 186 valence electrons. The topological polar surface area (TPSA) is 72.7 Å². The SMILES string of the molecule is Cc1ccc(OC2=NC3C=C(Cl)C(Cl)=NC3N2COCC[Si](C)(C)C)cc1C(=O)OC(C)(C)C. The molecule has 2 aliphatic rings. The van der Waals surface area contributed by atoms with Crippen molar-refractivity contribution in [2.45, 2.75) is 71.2 Å². The van der Waals surface area contributed by atoms with Gasteiger partial charge in [0, 0.05) is 14.7 Å². The van der Waals surface area contributed by atoms with Crippen LogP contribution in [0.15, 0.2) is 39.3 Å². The lowest BCUT2D eigenvalue weighted by atomic mass is 10.1. The summed E-state index contributed by atoms with van der Waals surface area (Å²) in [4.78, 5) is 23.7. The maximum absolute atomic E-state index is 12.7. The number of esters is 1. The third-order valence-corrected chi connectivity index (χ3v) is 7.56. The number of hydrogen-bond donors (Lipinski definition) is 0. The summed E-state index contributed by atoms with van der Waals surface area (Å²) in [5.41, 5.74) is 0.630. The molecule has 1 aromatic carbocycles. The minimum Gasteiger partial charge on any atom is -0.456 e. The zero-order valence-electron chi connectivity index (χ0n) is 20.8. The van der Waals surface area contributed by atoms with Gasteiger partial charge in [0.05, 0.1) is 10.6 Å². The van der Waals surface area contributed by atoms with E-state index in [-0.39, 0.29) is 17.9 Å². The van der Waals surface area contributed by atoms with E-state index in [0.717, 1.165) is 11.6 Å². The largest absolute Gasteiger partial charge is 0.456 e. The van der Waals surface area contributed by atoms with Crippen LogP contribution in [0.4, 0.5) is 0 Å². The Morgan fingerprint density at radius 1 is 1.18 bits per heavy atom. The second-order valence-corrected chi connectivity index (χ2v) is 17.0. The second-order valence-electron chi connectivity index (χ2n) is 10.6. The first kappa shape index (κ1) is 26.7. The third-order valence-electron chi connectivity index (χ3n) is 5.15. The van der Waals surface area contributed by atoms with E-state index < -0.39 is 25.8 Å². The number of hydrogen-bond acceptors (Lipinski definition) is 7. The van der Waals surface area contributed by atoms with Gasteiger partial charge < -0.3 is 14.2 Å². The Morgan fingerprint density at radius 3 is 2.53 bits per heavy atom. The van der Waals surface area contributed by atoms with Gasteiger partial charge in [-0.25, -0.2) is 14.8 Å². The van der Waals surface area contributed by atoms with Crippen molar-refractivity contribution in [3.63, 3.8) is 0 Å². The lowest BCUT2D eigenvalue weighted by Crippen LogP contribution is -2.43. The molecule has 0 spiro atoms. The maximum Gasteiger partial charge on any atom is 0.339 e. The summed E-state index contributed by atoms with van der Waals surface area (Å²) in [5.74, 6) is 0.0521. The summed E-state index contributed by atoms with van der Waals surface area (Å²) >= 11 is 12.4. The Hall–Kier alpha value is -1.87. The third kappa shape index (κ3) is 7.07. The van der Waals surface area contributed by atoms with Crippen LogP contribution in [0.2, 0.25) is 25.7 Å². The van der Waals surface area contributed by atoms with Crippen molar-refractivity contribution >= 4 is 48.4 Å². The van der Waals surface area contributed by atoms with E-state index in [1.807, 2.05) is 38.7 Å². The van der Waals surface area contributed by atoms with Crippen LogP contribution in [-0.2, 0) is 9.47 Å². The van der Waals surface area contributed by atoms with Gasteiger partial charge in [0.1, 0.15) is 29.3 Å². The highest BCUT2D eigenvalue weighted by atomic mass is 35.5. The monoisotopic (exact) mass is 525 g/mol. The molecule has 0 saturated heterocycles. The van der Waals surface area contributed by atoms with Crippen molar-refractivity contribution < 1.29 is 19.0 Å². The van der Waals surface area contributed by atoms with Gasteiger partial charge in [0.15, 0.2) is 6.17 Å². The summed E-state index contributed by atoms with van der Waals surface area (Å²) in [6.07, 6.45) is 1.35. The van der Waals surface area contributed by atoms with Crippen molar-refractivity contribution in [2.75, 3.05) is 13.3 Å². The Kier molecular flexibility index (Phi) is 8.17. The molecule has 2 atom stereocenters. The normalized spacial score (nSPS) is 20.4. The number of aryl methyl sites for hydroxylation is 1. The fraction of sp³-hybridized carbons (Fsp3) is 0.542. The molecule has 10 heteroatoms. The highest BCUT2D eigenvalue weighted by Gasteiger charge is 2.39. The van der Waals surface area contributed by atoms with Gasteiger partial charge in [-0.05, 0) is 57.5 Å². The molecule has 0 saturated carbocycles. The highest BCUT2D eigenvalue weighted by Crippen LogP contribution is 2.30. The average molecular weight is 527 g/mol. The summed E-state index contributed by atoms with van der Waals surface area (Å²) in [5, 5.41) is 0.587. The van der Waals surface area contributed by atoms with Crippen LogP contribution in [0.1, 0.15) is 36.7 Å². The number of rotatable bonds is 7. The summed E-state index contributed by atoms with van der Waals surface area (Å²) in [6.45, 7) is 15.1. The molecule has 0 aromatic heterocycles. The van der Waals surface area contributed by atoms with Gasteiger partial charge in [-0.3, -0.25) is 4.90 Å². The Labute approximate surface area is 212 Å². The fourth-order valence-corrected chi connectivity index (χ4v) is 4.41. The second kappa shape index (κ2) is 10.4.